The molecule has 0 radical (unpaired) electrons. The molecule has 8 nitrogen and oxygen atoms in total. The van der Waals surface area contributed by atoms with Crippen LogP contribution < -0.4 is 10.1 Å². The molecule has 0 aliphatic heterocycles. The van der Waals surface area contributed by atoms with Crippen molar-refractivity contribution in [3.05, 3.63) is 47.2 Å². The number of ether oxygens (including phenoxy) is 2. The van der Waals surface area contributed by atoms with Gasteiger partial charge in [0.2, 0.25) is 17.4 Å². The van der Waals surface area contributed by atoms with Gasteiger partial charge in [0, 0.05) is 24.1 Å². The zero-order chi connectivity index (χ0) is 25.4. The first-order chi connectivity index (χ1) is 16.3. The number of anilines is 2. The fraction of sp³-hybridized carbons (Fsp3) is 0.462. The summed E-state index contributed by atoms with van der Waals surface area (Å²) in [5.74, 6) is 0.122. The van der Waals surface area contributed by atoms with Crippen molar-refractivity contribution in [3.63, 3.8) is 0 Å². The molecule has 0 atom stereocenters. The summed E-state index contributed by atoms with van der Waals surface area (Å²) in [6.45, 7) is 10.7. The predicted molar refractivity (Wildman–Crippen MR) is 136 cm³/mol. The number of thiazole rings is 1. The number of esters is 1. The van der Waals surface area contributed by atoms with Crippen molar-refractivity contribution in [2.45, 2.75) is 77.6 Å². The summed E-state index contributed by atoms with van der Waals surface area (Å²) in [7, 11) is 0. The lowest BCUT2D eigenvalue weighted by atomic mass is 9.81. The maximum atomic E-state index is 12.5. The third kappa shape index (κ3) is 5.97. The van der Waals surface area contributed by atoms with Crippen molar-refractivity contribution in [1.82, 2.24) is 15.0 Å². The SMILES string of the molecule is Cc1cc(Nc2nccc(OC(C)(C)C(=O)OC(C)(C)C)n2)cc(-c2cnc(C3(O)CCC3)s2)c1. The van der Waals surface area contributed by atoms with Crippen molar-refractivity contribution >= 4 is 28.9 Å². The number of aliphatic hydroxyl groups is 1. The second kappa shape index (κ2) is 9.20. The molecule has 0 saturated heterocycles. The average Bonchev–Trinajstić information content (AvgIpc) is 3.21. The zero-order valence-electron chi connectivity index (χ0n) is 21.0. The Kier molecular flexibility index (Phi) is 6.59. The molecule has 9 heteroatoms. The molecule has 4 rings (SSSR count). The largest absolute Gasteiger partial charge is 0.459 e. The van der Waals surface area contributed by atoms with Crippen LogP contribution in [0.5, 0.6) is 5.88 Å². The van der Waals surface area contributed by atoms with Crippen LogP contribution in [0.1, 0.15) is 64.5 Å². The van der Waals surface area contributed by atoms with Crippen LogP contribution in [0.3, 0.4) is 0 Å². The summed E-state index contributed by atoms with van der Waals surface area (Å²) in [5.41, 5.74) is 0.256. The molecule has 1 saturated carbocycles. The summed E-state index contributed by atoms with van der Waals surface area (Å²) in [5, 5.41) is 14.6. The summed E-state index contributed by atoms with van der Waals surface area (Å²) in [4.78, 5) is 26.7. The summed E-state index contributed by atoms with van der Waals surface area (Å²) >= 11 is 1.52. The van der Waals surface area contributed by atoms with Gasteiger partial charge in [-0.3, -0.25) is 0 Å². The van der Waals surface area contributed by atoms with E-state index < -0.39 is 22.8 Å². The number of hydrogen-bond donors (Lipinski definition) is 2. The Morgan fingerprint density at radius 3 is 2.54 bits per heavy atom. The van der Waals surface area contributed by atoms with E-state index in [1.807, 2.05) is 46.0 Å². The first-order valence-corrected chi connectivity index (χ1v) is 12.5. The fourth-order valence-corrected chi connectivity index (χ4v) is 4.69. The second-order valence-electron chi connectivity index (χ2n) is 10.5. The summed E-state index contributed by atoms with van der Waals surface area (Å²) in [6.07, 6.45) is 5.95. The molecule has 186 valence electrons. The van der Waals surface area contributed by atoms with Gasteiger partial charge in [-0.05, 0) is 84.1 Å². The van der Waals surface area contributed by atoms with Gasteiger partial charge in [-0.15, -0.1) is 11.3 Å². The van der Waals surface area contributed by atoms with Crippen LogP contribution in [0.4, 0.5) is 11.6 Å². The van der Waals surface area contributed by atoms with Gasteiger partial charge in [-0.1, -0.05) is 6.07 Å². The predicted octanol–water partition coefficient (Wildman–Crippen LogP) is 5.52. The number of nitrogens with one attached hydrogen (secondary N) is 1. The quantitative estimate of drug-likeness (QED) is 0.412. The van der Waals surface area contributed by atoms with E-state index >= 15 is 0 Å². The molecule has 3 aromatic rings. The molecule has 2 aromatic heterocycles. The molecule has 1 fully saturated rings. The lowest BCUT2D eigenvalue weighted by molar-refractivity contribution is -0.171. The molecule has 0 unspecified atom stereocenters. The number of nitrogens with zero attached hydrogens (tertiary/aromatic N) is 3. The minimum absolute atomic E-state index is 0.257. The van der Waals surface area contributed by atoms with Crippen LogP contribution in [-0.2, 0) is 15.1 Å². The zero-order valence-corrected chi connectivity index (χ0v) is 21.8. The van der Waals surface area contributed by atoms with Gasteiger partial charge >= 0.3 is 5.97 Å². The topological polar surface area (TPSA) is 106 Å². The highest BCUT2D eigenvalue weighted by Gasteiger charge is 2.39. The summed E-state index contributed by atoms with van der Waals surface area (Å²) < 4.78 is 11.3. The number of carbonyl (C=O) groups excluding carboxylic acids is 1. The van der Waals surface area contributed by atoms with Gasteiger partial charge in [-0.25, -0.2) is 14.8 Å². The van der Waals surface area contributed by atoms with Gasteiger partial charge in [-0.2, -0.15) is 4.98 Å². The third-order valence-electron chi connectivity index (χ3n) is 5.58. The van der Waals surface area contributed by atoms with Crippen molar-refractivity contribution in [2.75, 3.05) is 5.32 Å². The van der Waals surface area contributed by atoms with Crippen molar-refractivity contribution < 1.29 is 19.4 Å². The van der Waals surface area contributed by atoms with Crippen LogP contribution in [0, 0.1) is 6.92 Å². The Labute approximate surface area is 209 Å². The van der Waals surface area contributed by atoms with Crippen molar-refractivity contribution in [2.24, 2.45) is 0 Å². The lowest BCUT2D eigenvalue weighted by Crippen LogP contribution is -2.43. The highest BCUT2D eigenvalue weighted by atomic mass is 32.1. The molecule has 1 aliphatic carbocycles. The Morgan fingerprint density at radius 2 is 1.89 bits per heavy atom. The monoisotopic (exact) mass is 496 g/mol. The van der Waals surface area contributed by atoms with Crippen molar-refractivity contribution in [3.8, 4) is 16.3 Å². The van der Waals surface area contributed by atoms with E-state index in [2.05, 4.69) is 26.3 Å². The molecule has 35 heavy (non-hydrogen) atoms. The number of benzene rings is 1. The van der Waals surface area contributed by atoms with Gasteiger partial charge < -0.3 is 19.9 Å². The Bertz CT molecular complexity index is 1230. The van der Waals surface area contributed by atoms with Crippen LogP contribution in [0.15, 0.2) is 36.7 Å². The van der Waals surface area contributed by atoms with E-state index in [1.54, 1.807) is 26.1 Å². The Morgan fingerprint density at radius 1 is 1.14 bits per heavy atom. The van der Waals surface area contributed by atoms with Gasteiger partial charge in [0.05, 0.1) is 4.88 Å². The fourth-order valence-electron chi connectivity index (χ4n) is 3.64. The minimum atomic E-state index is -1.22. The molecule has 1 aliphatic rings. The number of carbonyl (C=O) groups is 1. The van der Waals surface area contributed by atoms with Crippen molar-refractivity contribution in [1.29, 1.82) is 0 Å². The van der Waals surface area contributed by atoms with E-state index in [0.29, 0.717) is 5.95 Å². The van der Waals surface area contributed by atoms with E-state index in [4.69, 9.17) is 9.47 Å². The molecular weight excluding hydrogens is 464 g/mol. The molecule has 0 bridgehead atoms. The highest BCUT2D eigenvalue weighted by molar-refractivity contribution is 7.15. The summed E-state index contributed by atoms with van der Waals surface area (Å²) in [6, 6.07) is 7.67. The smallest absolute Gasteiger partial charge is 0.350 e. The number of hydrogen-bond acceptors (Lipinski definition) is 9. The normalized spacial score (nSPS) is 15.3. The van der Waals surface area contributed by atoms with Gasteiger partial charge in [0.15, 0.2) is 0 Å². The van der Waals surface area contributed by atoms with E-state index in [9.17, 15) is 9.90 Å². The maximum absolute atomic E-state index is 12.5. The van der Waals surface area contributed by atoms with Crippen LogP contribution in [0.25, 0.3) is 10.4 Å². The first-order valence-electron chi connectivity index (χ1n) is 11.7. The molecular formula is C26H32N4O4S. The van der Waals surface area contributed by atoms with E-state index in [0.717, 1.165) is 46.0 Å². The van der Waals surface area contributed by atoms with Crippen LogP contribution >= 0.6 is 11.3 Å². The number of aryl methyl sites for hydroxylation is 1. The Hall–Kier alpha value is -3.04. The van der Waals surface area contributed by atoms with Crippen LogP contribution in [0.2, 0.25) is 0 Å². The van der Waals surface area contributed by atoms with Crippen LogP contribution in [-0.4, -0.2) is 37.2 Å². The molecule has 0 amide bonds. The standard InChI is InChI=1S/C26H32N4O4S/c1-16-12-17(19-15-28-21(35-19)26(32)9-7-10-26)14-18(13-16)29-23-27-11-8-20(30-23)33-25(5,6)22(31)34-24(2,3)4/h8,11-15,32H,7,9-10H2,1-6H3,(H,27,29,30). The highest BCUT2D eigenvalue weighted by Crippen LogP contribution is 2.44. The average molecular weight is 497 g/mol. The number of rotatable bonds is 7. The van der Waals surface area contributed by atoms with Gasteiger partial charge in [0.25, 0.3) is 0 Å². The lowest BCUT2D eigenvalue weighted by Gasteiger charge is -2.34. The molecule has 2 heterocycles. The minimum Gasteiger partial charge on any atom is -0.459 e. The molecule has 0 spiro atoms. The Balaban J connectivity index is 1.51. The maximum Gasteiger partial charge on any atom is 0.350 e. The third-order valence-corrected chi connectivity index (χ3v) is 6.82. The van der Waals surface area contributed by atoms with E-state index in [-0.39, 0.29) is 5.88 Å². The molecule has 1 aromatic carbocycles. The number of aromatic nitrogens is 3. The second-order valence-corrected chi connectivity index (χ2v) is 11.5. The van der Waals surface area contributed by atoms with Gasteiger partial charge in [0.1, 0.15) is 16.2 Å². The molecule has 2 N–H and O–H groups in total. The van der Waals surface area contributed by atoms with E-state index in [1.165, 1.54) is 11.3 Å². The first kappa shape index (κ1) is 25.1.